The lowest BCUT2D eigenvalue weighted by Crippen LogP contribution is -1.94. The number of benzene rings is 1. The zero-order chi connectivity index (χ0) is 15.0. The van der Waals surface area contributed by atoms with E-state index in [4.69, 9.17) is 10.3 Å². The first-order chi connectivity index (χ1) is 10.1. The summed E-state index contributed by atoms with van der Waals surface area (Å²) in [5.74, 6) is 1.05. The summed E-state index contributed by atoms with van der Waals surface area (Å²) < 4.78 is 6.39. The van der Waals surface area contributed by atoms with Gasteiger partial charge in [-0.05, 0) is 25.5 Å². The molecule has 2 aromatic heterocycles. The van der Waals surface area contributed by atoms with Crippen molar-refractivity contribution in [3.63, 3.8) is 0 Å². The Morgan fingerprint density at radius 2 is 2.10 bits per heavy atom. The fraction of sp³-hybridized carbons (Fsp3) is 0.214. The van der Waals surface area contributed by atoms with Crippen molar-refractivity contribution in [1.29, 1.82) is 0 Å². The Morgan fingerprint density at radius 1 is 1.29 bits per heavy atom. The van der Waals surface area contributed by atoms with Crippen LogP contribution in [0.4, 0.5) is 0 Å². The van der Waals surface area contributed by atoms with Crippen molar-refractivity contribution in [2.45, 2.75) is 20.4 Å². The van der Waals surface area contributed by atoms with E-state index in [2.05, 4.69) is 31.1 Å². The van der Waals surface area contributed by atoms with Crippen LogP contribution in [0.3, 0.4) is 0 Å². The van der Waals surface area contributed by atoms with Gasteiger partial charge in [0.25, 0.3) is 5.89 Å². The van der Waals surface area contributed by atoms with Gasteiger partial charge in [-0.3, -0.25) is 0 Å². The number of hydrogen-bond acceptors (Lipinski definition) is 6. The van der Waals surface area contributed by atoms with Gasteiger partial charge in [-0.1, -0.05) is 33.2 Å². The summed E-state index contributed by atoms with van der Waals surface area (Å²) in [4.78, 5) is 9.71. The van der Waals surface area contributed by atoms with E-state index in [1.165, 1.54) is 11.3 Å². The molecule has 0 atom stereocenters. The molecule has 0 bridgehead atoms. The molecule has 0 saturated carbocycles. The number of hydrogen-bond donors (Lipinski definition) is 1. The Hall–Kier alpha value is -1.57. The van der Waals surface area contributed by atoms with Crippen LogP contribution in [-0.4, -0.2) is 15.1 Å². The van der Waals surface area contributed by atoms with Gasteiger partial charge in [-0.25, -0.2) is 4.98 Å². The van der Waals surface area contributed by atoms with Crippen LogP contribution in [0.25, 0.3) is 22.2 Å². The van der Waals surface area contributed by atoms with Gasteiger partial charge in [0.2, 0.25) is 5.82 Å². The Balaban J connectivity index is 1.99. The maximum absolute atomic E-state index is 5.61. The molecule has 2 N–H and O–H groups in total. The van der Waals surface area contributed by atoms with Crippen molar-refractivity contribution in [2.75, 3.05) is 0 Å². The standard InChI is InChI=1S/C14H13BrN4OS/c1-7-3-4-9(5-10(7)15)13-18-14(20-19-13)12-8(2)17-11(6-16)21-12/h3-5H,6,16H2,1-2H3. The van der Waals surface area contributed by atoms with Crippen LogP contribution >= 0.6 is 27.3 Å². The highest BCUT2D eigenvalue weighted by Gasteiger charge is 2.17. The second-order valence-electron chi connectivity index (χ2n) is 4.61. The number of aryl methyl sites for hydroxylation is 2. The molecule has 5 nitrogen and oxygen atoms in total. The van der Waals surface area contributed by atoms with Crippen LogP contribution < -0.4 is 5.73 Å². The molecule has 108 valence electrons. The molecule has 0 amide bonds. The molecule has 2 heterocycles. The van der Waals surface area contributed by atoms with E-state index in [9.17, 15) is 0 Å². The summed E-state index contributed by atoms with van der Waals surface area (Å²) in [6.45, 7) is 4.36. The lowest BCUT2D eigenvalue weighted by molar-refractivity contribution is 0.433. The average molecular weight is 365 g/mol. The highest BCUT2D eigenvalue weighted by Crippen LogP contribution is 2.31. The lowest BCUT2D eigenvalue weighted by atomic mass is 10.1. The number of nitrogens with two attached hydrogens (primary N) is 1. The quantitative estimate of drug-likeness (QED) is 0.766. The van der Waals surface area contributed by atoms with Gasteiger partial charge in [0.1, 0.15) is 9.88 Å². The van der Waals surface area contributed by atoms with Crippen molar-refractivity contribution in [1.82, 2.24) is 15.1 Å². The average Bonchev–Trinajstić information content (AvgIpc) is 3.08. The fourth-order valence-corrected chi connectivity index (χ4v) is 3.15. The molecule has 3 aromatic rings. The monoisotopic (exact) mass is 364 g/mol. The molecule has 0 aliphatic rings. The molecule has 7 heteroatoms. The van der Waals surface area contributed by atoms with E-state index in [0.29, 0.717) is 18.3 Å². The number of nitrogens with zero attached hydrogens (tertiary/aromatic N) is 3. The number of halogens is 1. The van der Waals surface area contributed by atoms with Crippen LogP contribution in [-0.2, 0) is 6.54 Å². The van der Waals surface area contributed by atoms with E-state index in [0.717, 1.165) is 31.2 Å². The van der Waals surface area contributed by atoms with E-state index in [1.54, 1.807) is 0 Å². The molecule has 0 radical (unpaired) electrons. The van der Waals surface area contributed by atoms with E-state index in [1.807, 2.05) is 32.0 Å². The van der Waals surface area contributed by atoms with Gasteiger partial charge in [0, 0.05) is 16.6 Å². The Morgan fingerprint density at radius 3 is 2.76 bits per heavy atom. The Kier molecular flexibility index (Phi) is 3.88. The third kappa shape index (κ3) is 2.76. The Bertz CT molecular complexity index is 796. The molecular weight excluding hydrogens is 352 g/mol. The molecule has 21 heavy (non-hydrogen) atoms. The Labute approximate surface area is 134 Å². The summed E-state index contributed by atoms with van der Waals surface area (Å²) in [5, 5.41) is 4.91. The minimum atomic E-state index is 0.414. The van der Waals surface area contributed by atoms with Crippen molar-refractivity contribution < 1.29 is 4.52 Å². The van der Waals surface area contributed by atoms with Crippen LogP contribution in [0.5, 0.6) is 0 Å². The zero-order valence-electron chi connectivity index (χ0n) is 11.6. The minimum absolute atomic E-state index is 0.414. The molecule has 0 aliphatic carbocycles. The first-order valence-electron chi connectivity index (χ1n) is 6.35. The molecular formula is C14H13BrN4OS. The molecule has 0 spiro atoms. The minimum Gasteiger partial charge on any atom is -0.333 e. The fourth-order valence-electron chi connectivity index (χ4n) is 1.90. The molecule has 0 fully saturated rings. The van der Waals surface area contributed by atoms with E-state index in [-0.39, 0.29) is 0 Å². The maximum Gasteiger partial charge on any atom is 0.270 e. The van der Waals surface area contributed by atoms with Crippen LogP contribution in [0.1, 0.15) is 16.3 Å². The number of aromatic nitrogens is 3. The number of rotatable bonds is 3. The molecule has 3 rings (SSSR count). The molecule has 0 unspecified atom stereocenters. The third-order valence-corrected chi connectivity index (χ3v) is 5.09. The predicted molar refractivity (Wildman–Crippen MR) is 85.9 cm³/mol. The van der Waals surface area contributed by atoms with Crippen molar-refractivity contribution >= 4 is 27.3 Å². The number of thiazole rings is 1. The maximum atomic E-state index is 5.61. The lowest BCUT2D eigenvalue weighted by Gasteiger charge is -1.99. The van der Waals surface area contributed by atoms with Gasteiger partial charge < -0.3 is 10.3 Å². The first-order valence-corrected chi connectivity index (χ1v) is 7.96. The second-order valence-corrected chi connectivity index (χ2v) is 6.55. The van der Waals surface area contributed by atoms with E-state index >= 15 is 0 Å². The van der Waals surface area contributed by atoms with Crippen LogP contribution in [0.15, 0.2) is 27.2 Å². The van der Waals surface area contributed by atoms with Gasteiger partial charge >= 0.3 is 0 Å². The molecule has 1 aromatic carbocycles. The van der Waals surface area contributed by atoms with Crippen molar-refractivity contribution in [3.8, 4) is 22.2 Å². The van der Waals surface area contributed by atoms with Crippen molar-refractivity contribution in [3.05, 3.63) is 38.9 Å². The zero-order valence-corrected chi connectivity index (χ0v) is 14.0. The van der Waals surface area contributed by atoms with Gasteiger partial charge in [-0.15, -0.1) is 11.3 Å². The summed E-state index contributed by atoms with van der Waals surface area (Å²) in [6, 6.07) is 5.97. The first kappa shape index (κ1) is 14.4. The summed E-state index contributed by atoms with van der Waals surface area (Å²) in [6.07, 6.45) is 0. The van der Waals surface area contributed by atoms with Crippen molar-refractivity contribution in [2.24, 2.45) is 5.73 Å². The van der Waals surface area contributed by atoms with Gasteiger partial charge in [-0.2, -0.15) is 4.98 Å². The predicted octanol–water partition coefficient (Wildman–Crippen LogP) is 3.70. The van der Waals surface area contributed by atoms with Crippen LogP contribution in [0.2, 0.25) is 0 Å². The van der Waals surface area contributed by atoms with Crippen LogP contribution in [0, 0.1) is 13.8 Å². The molecule has 0 aliphatic heterocycles. The second kappa shape index (κ2) is 5.67. The van der Waals surface area contributed by atoms with E-state index < -0.39 is 0 Å². The summed E-state index contributed by atoms with van der Waals surface area (Å²) in [5.41, 5.74) is 8.54. The highest BCUT2D eigenvalue weighted by atomic mass is 79.9. The topological polar surface area (TPSA) is 77.8 Å². The van der Waals surface area contributed by atoms with Gasteiger partial charge in [0.05, 0.1) is 5.69 Å². The summed E-state index contributed by atoms with van der Waals surface area (Å²) in [7, 11) is 0. The SMILES string of the molecule is Cc1ccc(-c2noc(-c3sc(CN)nc3C)n2)cc1Br. The highest BCUT2D eigenvalue weighted by molar-refractivity contribution is 9.10. The smallest absolute Gasteiger partial charge is 0.270 e. The molecule has 0 saturated heterocycles. The largest absolute Gasteiger partial charge is 0.333 e. The normalized spacial score (nSPS) is 11.0. The van der Waals surface area contributed by atoms with Gasteiger partial charge in [0.15, 0.2) is 0 Å². The summed E-state index contributed by atoms with van der Waals surface area (Å²) >= 11 is 5.00. The third-order valence-electron chi connectivity index (χ3n) is 3.07.